The van der Waals surface area contributed by atoms with Crippen molar-refractivity contribution in [3.8, 4) is 17.0 Å². The normalized spacial score (nSPS) is 17.1. The number of rotatable bonds is 5. The van der Waals surface area contributed by atoms with E-state index in [1.165, 1.54) is 12.1 Å². The molecule has 0 aliphatic carbocycles. The summed E-state index contributed by atoms with van der Waals surface area (Å²) in [6.45, 7) is 2.31. The van der Waals surface area contributed by atoms with E-state index in [9.17, 15) is 4.39 Å². The van der Waals surface area contributed by atoms with E-state index in [0.717, 1.165) is 43.1 Å². The van der Waals surface area contributed by atoms with Crippen molar-refractivity contribution in [3.63, 3.8) is 0 Å². The Kier molecular flexibility index (Phi) is 5.00. The summed E-state index contributed by atoms with van der Waals surface area (Å²) in [5.41, 5.74) is 1.84. The van der Waals surface area contributed by atoms with Gasteiger partial charge in [-0.15, -0.1) is 0 Å². The van der Waals surface area contributed by atoms with E-state index in [2.05, 4.69) is 15.0 Å². The van der Waals surface area contributed by atoms with Crippen LogP contribution in [0.1, 0.15) is 12.8 Å². The predicted molar refractivity (Wildman–Crippen MR) is 101 cm³/mol. The van der Waals surface area contributed by atoms with Crippen LogP contribution < -0.4 is 9.64 Å². The van der Waals surface area contributed by atoms with Crippen molar-refractivity contribution < 1.29 is 9.13 Å². The van der Waals surface area contributed by atoms with Gasteiger partial charge in [-0.2, -0.15) is 5.10 Å². The van der Waals surface area contributed by atoms with Crippen LogP contribution in [-0.2, 0) is 7.05 Å². The maximum atomic E-state index is 13.3. The second-order valence-electron chi connectivity index (χ2n) is 6.87. The Morgan fingerprint density at radius 1 is 1.30 bits per heavy atom. The number of hydrogen-bond acceptors (Lipinski definition) is 5. The first-order valence-electron chi connectivity index (χ1n) is 9.13. The number of ether oxygens (including phenoxy) is 1. The SMILES string of the molecule is Cn1cc(-c2ccnc(N3CCC[C@@H](COc4cccc(F)c4)C3)n2)cn1. The molecule has 1 aliphatic rings. The molecule has 6 nitrogen and oxygen atoms in total. The first-order chi connectivity index (χ1) is 13.2. The van der Waals surface area contributed by atoms with Gasteiger partial charge >= 0.3 is 0 Å². The lowest BCUT2D eigenvalue weighted by Gasteiger charge is -2.32. The molecular weight excluding hydrogens is 345 g/mol. The van der Waals surface area contributed by atoms with Crippen LogP contribution in [0.4, 0.5) is 10.3 Å². The number of piperidine rings is 1. The Morgan fingerprint density at radius 3 is 3.04 bits per heavy atom. The van der Waals surface area contributed by atoms with Gasteiger partial charge in [0.05, 0.1) is 18.5 Å². The maximum Gasteiger partial charge on any atom is 0.225 e. The van der Waals surface area contributed by atoms with Crippen molar-refractivity contribution in [1.82, 2.24) is 19.7 Å². The van der Waals surface area contributed by atoms with Crippen molar-refractivity contribution >= 4 is 5.95 Å². The van der Waals surface area contributed by atoms with E-state index in [1.54, 1.807) is 29.2 Å². The van der Waals surface area contributed by atoms with Gasteiger partial charge in [-0.25, -0.2) is 14.4 Å². The lowest BCUT2D eigenvalue weighted by atomic mass is 9.99. The van der Waals surface area contributed by atoms with Crippen molar-refractivity contribution in [3.05, 3.63) is 54.7 Å². The molecule has 3 heterocycles. The molecule has 0 radical (unpaired) electrons. The number of hydrogen-bond donors (Lipinski definition) is 0. The molecule has 2 aromatic heterocycles. The smallest absolute Gasteiger partial charge is 0.225 e. The summed E-state index contributed by atoms with van der Waals surface area (Å²) in [4.78, 5) is 11.4. The Bertz CT molecular complexity index is 913. The summed E-state index contributed by atoms with van der Waals surface area (Å²) in [6, 6.07) is 8.18. The van der Waals surface area contributed by atoms with E-state index in [1.807, 2.05) is 19.3 Å². The van der Waals surface area contributed by atoms with Crippen molar-refractivity contribution in [2.45, 2.75) is 12.8 Å². The quantitative estimate of drug-likeness (QED) is 0.692. The van der Waals surface area contributed by atoms with Crippen LogP contribution in [-0.4, -0.2) is 39.4 Å². The van der Waals surface area contributed by atoms with E-state index in [-0.39, 0.29) is 5.82 Å². The summed E-state index contributed by atoms with van der Waals surface area (Å²) in [7, 11) is 1.89. The zero-order valence-electron chi connectivity index (χ0n) is 15.3. The molecule has 1 saturated heterocycles. The zero-order valence-corrected chi connectivity index (χ0v) is 15.3. The van der Waals surface area contributed by atoms with Crippen LogP contribution in [0.2, 0.25) is 0 Å². The minimum Gasteiger partial charge on any atom is -0.493 e. The Hall–Kier alpha value is -2.96. The Balaban J connectivity index is 1.42. The Labute approximate surface area is 157 Å². The molecule has 0 saturated carbocycles. The average Bonchev–Trinajstić information content (AvgIpc) is 3.13. The van der Waals surface area contributed by atoms with Gasteiger partial charge in [0.15, 0.2) is 0 Å². The average molecular weight is 367 g/mol. The monoisotopic (exact) mass is 367 g/mol. The molecule has 4 rings (SSSR count). The van der Waals surface area contributed by atoms with Gasteiger partial charge in [-0.05, 0) is 31.0 Å². The number of aromatic nitrogens is 4. The summed E-state index contributed by atoms with van der Waals surface area (Å²) < 4.78 is 20.8. The zero-order chi connectivity index (χ0) is 18.6. The molecule has 140 valence electrons. The highest BCUT2D eigenvalue weighted by molar-refractivity contribution is 5.58. The minimum absolute atomic E-state index is 0.279. The largest absolute Gasteiger partial charge is 0.493 e. The lowest BCUT2D eigenvalue weighted by molar-refractivity contribution is 0.227. The van der Waals surface area contributed by atoms with E-state index in [0.29, 0.717) is 18.3 Å². The van der Waals surface area contributed by atoms with Crippen LogP contribution >= 0.6 is 0 Å². The van der Waals surface area contributed by atoms with Crippen molar-refractivity contribution in [2.75, 3.05) is 24.6 Å². The van der Waals surface area contributed by atoms with Gasteiger partial charge < -0.3 is 9.64 Å². The van der Waals surface area contributed by atoms with Crippen LogP contribution in [0.5, 0.6) is 5.75 Å². The third-order valence-corrected chi connectivity index (χ3v) is 4.73. The molecule has 1 atom stereocenters. The number of anilines is 1. The highest BCUT2D eigenvalue weighted by atomic mass is 19.1. The molecular formula is C20H22FN5O. The predicted octanol–water partition coefficient (Wildman–Crippen LogP) is 3.31. The fraction of sp³-hybridized carbons (Fsp3) is 0.350. The Morgan fingerprint density at radius 2 is 2.22 bits per heavy atom. The maximum absolute atomic E-state index is 13.3. The second kappa shape index (κ2) is 7.73. The van der Waals surface area contributed by atoms with Crippen LogP contribution in [0, 0.1) is 11.7 Å². The van der Waals surface area contributed by atoms with Crippen molar-refractivity contribution in [2.24, 2.45) is 13.0 Å². The third-order valence-electron chi connectivity index (χ3n) is 4.73. The topological polar surface area (TPSA) is 56.1 Å². The summed E-state index contributed by atoms with van der Waals surface area (Å²) in [6.07, 6.45) is 7.67. The molecule has 7 heteroatoms. The summed E-state index contributed by atoms with van der Waals surface area (Å²) in [5.74, 6) is 1.37. The molecule has 0 amide bonds. The molecule has 0 spiro atoms. The number of nitrogens with zero attached hydrogens (tertiary/aromatic N) is 5. The van der Waals surface area contributed by atoms with Gasteiger partial charge in [0.25, 0.3) is 0 Å². The van der Waals surface area contributed by atoms with Crippen molar-refractivity contribution in [1.29, 1.82) is 0 Å². The fourth-order valence-electron chi connectivity index (χ4n) is 3.37. The van der Waals surface area contributed by atoms with Crippen LogP contribution in [0.15, 0.2) is 48.9 Å². The lowest BCUT2D eigenvalue weighted by Crippen LogP contribution is -2.38. The molecule has 0 bridgehead atoms. The van der Waals surface area contributed by atoms with Gasteiger partial charge in [-0.3, -0.25) is 4.68 Å². The molecule has 27 heavy (non-hydrogen) atoms. The van der Waals surface area contributed by atoms with Crippen LogP contribution in [0.25, 0.3) is 11.3 Å². The number of benzene rings is 1. The second-order valence-corrected chi connectivity index (χ2v) is 6.87. The molecule has 0 N–H and O–H groups in total. The first-order valence-corrected chi connectivity index (χ1v) is 9.13. The summed E-state index contributed by atoms with van der Waals surface area (Å²) >= 11 is 0. The van der Waals surface area contributed by atoms with Gasteiger partial charge in [0.2, 0.25) is 5.95 Å². The van der Waals surface area contributed by atoms with Gasteiger partial charge in [0.1, 0.15) is 11.6 Å². The standard InChI is InChI=1S/C20H22FN5O/c1-25-13-16(11-23-25)19-7-8-22-20(24-19)26-9-3-4-15(12-26)14-27-18-6-2-5-17(21)10-18/h2,5-8,10-11,13,15H,3-4,9,12,14H2,1H3/t15-/m1/s1. The molecule has 0 unspecified atom stereocenters. The van der Waals surface area contributed by atoms with E-state index < -0.39 is 0 Å². The molecule has 1 aliphatic heterocycles. The van der Waals surface area contributed by atoms with Crippen LogP contribution in [0.3, 0.4) is 0 Å². The highest BCUT2D eigenvalue weighted by Gasteiger charge is 2.23. The number of aryl methyl sites for hydroxylation is 1. The minimum atomic E-state index is -0.279. The molecule has 3 aromatic rings. The first kappa shape index (κ1) is 17.5. The van der Waals surface area contributed by atoms with E-state index in [4.69, 9.17) is 9.72 Å². The third kappa shape index (κ3) is 4.24. The molecule has 1 fully saturated rings. The van der Waals surface area contributed by atoms with Gasteiger partial charge in [-0.1, -0.05) is 6.07 Å². The van der Waals surface area contributed by atoms with E-state index >= 15 is 0 Å². The fourth-order valence-corrected chi connectivity index (χ4v) is 3.37. The highest BCUT2D eigenvalue weighted by Crippen LogP contribution is 2.24. The van der Waals surface area contributed by atoms with Gasteiger partial charge in [0, 0.05) is 50.1 Å². The number of halogens is 1. The summed E-state index contributed by atoms with van der Waals surface area (Å²) in [5, 5.41) is 4.21. The molecule has 1 aromatic carbocycles.